The van der Waals surface area contributed by atoms with Crippen molar-refractivity contribution in [3.8, 4) is 21.7 Å². The van der Waals surface area contributed by atoms with Gasteiger partial charge in [0.1, 0.15) is 0 Å². The molecule has 0 saturated heterocycles. The van der Waals surface area contributed by atoms with Crippen LogP contribution in [0.2, 0.25) is 0 Å². The van der Waals surface area contributed by atoms with Crippen molar-refractivity contribution in [1.29, 1.82) is 0 Å². The average Bonchev–Trinajstić information content (AvgIpc) is 3.52. The normalized spacial score (nSPS) is 11.7. The monoisotopic (exact) mass is 768 g/mol. The fourth-order valence-electron chi connectivity index (χ4n) is 5.24. The van der Waals surface area contributed by atoms with Crippen LogP contribution < -0.4 is 0 Å². The number of rotatable bonds is 5. The Morgan fingerprint density at radius 3 is 2.30 bits per heavy atom. The van der Waals surface area contributed by atoms with Gasteiger partial charge in [0.2, 0.25) is 5.71 Å². The van der Waals surface area contributed by atoms with E-state index in [1.165, 1.54) is 51.6 Å². The molecule has 0 aliphatic carbocycles. The molecule has 223 valence electrons. The molecule has 4 heterocycles. The molecule has 6 aromatic rings. The average molecular weight is 768 g/mol. The van der Waals surface area contributed by atoms with E-state index in [0.717, 1.165) is 33.3 Å². The SMILES string of the molecule is CC(=O)/C=C(/C)O.Cc1ccc2c(n1)oc1c(-c3cc4cc(-c5c(C(C)C)cccc5C(C)C)sc4cn3)[c-]ccc12.[Ir]. The predicted molar refractivity (Wildman–Crippen MR) is 174 cm³/mol. The minimum Gasteiger partial charge on any atom is -0.512 e. The number of carbonyl (C=O) groups excluding carboxylic acids is 1. The van der Waals surface area contributed by atoms with Gasteiger partial charge in [0.05, 0.1) is 16.0 Å². The fourth-order valence-corrected chi connectivity index (χ4v) is 6.34. The number of ketones is 1. The Labute approximate surface area is 270 Å². The summed E-state index contributed by atoms with van der Waals surface area (Å²) in [4.78, 5) is 20.7. The molecule has 0 unspecified atom stereocenters. The zero-order valence-corrected chi connectivity index (χ0v) is 28.6. The summed E-state index contributed by atoms with van der Waals surface area (Å²) in [6, 6.07) is 22.7. The molecule has 0 bridgehead atoms. The first kappa shape index (κ1) is 32.3. The molecule has 0 atom stereocenters. The quantitative estimate of drug-likeness (QED) is 0.107. The third-order valence-corrected chi connectivity index (χ3v) is 8.23. The van der Waals surface area contributed by atoms with Crippen molar-refractivity contribution in [3.63, 3.8) is 0 Å². The summed E-state index contributed by atoms with van der Waals surface area (Å²) in [6.45, 7) is 13.9. The van der Waals surface area contributed by atoms with Crippen LogP contribution in [-0.4, -0.2) is 20.9 Å². The van der Waals surface area contributed by atoms with Crippen molar-refractivity contribution < 1.29 is 34.4 Å². The molecule has 6 rings (SSSR count). The van der Waals surface area contributed by atoms with Crippen LogP contribution in [0, 0.1) is 13.0 Å². The van der Waals surface area contributed by atoms with Gasteiger partial charge in [0.15, 0.2) is 5.78 Å². The van der Waals surface area contributed by atoms with Crippen molar-refractivity contribution >= 4 is 49.3 Å². The minimum atomic E-state index is -0.125. The molecule has 0 fully saturated rings. The van der Waals surface area contributed by atoms with Gasteiger partial charge in [-0.1, -0.05) is 62.9 Å². The zero-order chi connectivity index (χ0) is 30.1. The summed E-state index contributed by atoms with van der Waals surface area (Å²) in [7, 11) is 0. The second-order valence-electron chi connectivity index (χ2n) is 11.2. The topological polar surface area (TPSA) is 76.2 Å². The molecule has 0 saturated carbocycles. The van der Waals surface area contributed by atoms with Crippen LogP contribution in [0.4, 0.5) is 0 Å². The number of pyridine rings is 2. The second-order valence-corrected chi connectivity index (χ2v) is 12.3. The maximum atomic E-state index is 10.0. The van der Waals surface area contributed by atoms with Crippen LogP contribution in [0.3, 0.4) is 0 Å². The van der Waals surface area contributed by atoms with Crippen LogP contribution in [0.15, 0.2) is 77.0 Å². The van der Waals surface area contributed by atoms with Gasteiger partial charge >= 0.3 is 0 Å². The first-order chi connectivity index (χ1) is 20.0. The number of fused-ring (bicyclic) bond motifs is 4. The first-order valence-corrected chi connectivity index (χ1v) is 15.0. The molecule has 0 amide bonds. The predicted octanol–water partition coefficient (Wildman–Crippen LogP) is 10.3. The number of allylic oxidation sites excluding steroid dienone is 2. The Morgan fingerprint density at radius 2 is 1.70 bits per heavy atom. The van der Waals surface area contributed by atoms with Gasteiger partial charge in [0, 0.05) is 48.3 Å². The van der Waals surface area contributed by atoms with Crippen LogP contribution in [0.25, 0.3) is 53.9 Å². The molecule has 1 N–H and O–H groups in total. The van der Waals surface area contributed by atoms with Gasteiger partial charge in [-0.15, -0.1) is 29.5 Å². The maximum Gasteiger partial charge on any atom is 0.216 e. The number of aliphatic hydroxyl groups excluding tert-OH is 1. The number of aliphatic hydroxyl groups is 1. The molecule has 43 heavy (non-hydrogen) atoms. The number of benzene rings is 2. The van der Waals surface area contributed by atoms with E-state index in [0.29, 0.717) is 17.5 Å². The van der Waals surface area contributed by atoms with Gasteiger partial charge in [-0.3, -0.25) is 4.79 Å². The molecule has 4 aromatic heterocycles. The smallest absolute Gasteiger partial charge is 0.216 e. The Kier molecular flexibility index (Phi) is 10.0. The van der Waals surface area contributed by atoms with E-state index >= 15 is 0 Å². The molecule has 0 aliphatic rings. The zero-order valence-electron chi connectivity index (χ0n) is 25.4. The van der Waals surface area contributed by atoms with Gasteiger partial charge in [-0.2, -0.15) is 0 Å². The largest absolute Gasteiger partial charge is 0.512 e. The number of carbonyl (C=O) groups is 1. The summed E-state index contributed by atoms with van der Waals surface area (Å²) in [5.74, 6) is 0.854. The molecule has 2 aromatic carbocycles. The number of hydrogen-bond donors (Lipinski definition) is 1. The van der Waals surface area contributed by atoms with Gasteiger partial charge in [-0.25, -0.2) is 4.98 Å². The molecular formula is C36H35IrN2O3S-. The van der Waals surface area contributed by atoms with Crippen molar-refractivity contribution in [1.82, 2.24) is 9.97 Å². The third kappa shape index (κ3) is 6.80. The van der Waals surface area contributed by atoms with E-state index in [9.17, 15) is 4.79 Å². The molecule has 7 heteroatoms. The first-order valence-electron chi connectivity index (χ1n) is 14.1. The summed E-state index contributed by atoms with van der Waals surface area (Å²) in [5, 5.41) is 11.6. The Morgan fingerprint density at radius 1 is 1.00 bits per heavy atom. The van der Waals surface area contributed by atoms with Crippen LogP contribution in [0.1, 0.15) is 70.2 Å². The number of furan rings is 1. The summed E-state index contributed by atoms with van der Waals surface area (Å²) < 4.78 is 7.40. The fraction of sp³-hybridized carbons (Fsp3) is 0.250. The van der Waals surface area contributed by atoms with Crippen LogP contribution in [-0.2, 0) is 24.9 Å². The van der Waals surface area contributed by atoms with Gasteiger partial charge in [-0.05, 0) is 78.6 Å². The number of thiophene rings is 1. The Hall–Kier alpha value is -3.64. The third-order valence-electron chi connectivity index (χ3n) is 7.13. The standard InChI is InChI=1S/C31H27N2OS.C5H8O2.Ir/c1-17(2)21-8-6-9-22(18(3)4)29(21)27-15-20-14-26(32-16-28(20)35-27)25-11-7-10-23-24-13-12-19(5)33-31(24)34-30(23)25;1-4(6)3-5(2)7;/h6-10,12-18H,1-5H3;3,6H,1-2H3;/q-1;;/b;4-3-;. The second kappa shape index (κ2) is 13.3. The molecule has 1 radical (unpaired) electrons. The Bertz CT molecular complexity index is 1940. The van der Waals surface area contributed by atoms with E-state index in [1.807, 2.05) is 42.7 Å². The van der Waals surface area contributed by atoms with E-state index in [-0.39, 0.29) is 31.6 Å². The number of hydrogen-bond acceptors (Lipinski definition) is 6. The van der Waals surface area contributed by atoms with Crippen molar-refractivity contribution in [2.75, 3.05) is 0 Å². The molecule has 0 aliphatic heterocycles. The number of aryl methyl sites for hydroxylation is 1. The minimum absolute atomic E-state index is 0. The molecular weight excluding hydrogens is 733 g/mol. The van der Waals surface area contributed by atoms with Crippen LogP contribution >= 0.6 is 11.3 Å². The van der Waals surface area contributed by atoms with E-state index in [1.54, 1.807) is 0 Å². The van der Waals surface area contributed by atoms with E-state index < -0.39 is 0 Å². The summed E-state index contributed by atoms with van der Waals surface area (Å²) >= 11 is 1.82. The summed E-state index contributed by atoms with van der Waals surface area (Å²) in [6.07, 6.45) is 3.16. The summed E-state index contributed by atoms with van der Waals surface area (Å²) in [5.41, 5.74) is 8.31. The number of nitrogens with zero attached hydrogens (tertiary/aromatic N) is 2. The maximum absolute atomic E-state index is 10.0. The van der Waals surface area contributed by atoms with Gasteiger partial charge < -0.3 is 14.5 Å². The van der Waals surface area contributed by atoms with E-state index in [4.69, 9.17) is 14.5 Å². The Balaban J connectivity index is 0.000000475. The van der Waals surface area contributed by atoms with Crippen molar-refractivity contribution in [2.24, 2.45) is 0 Å². The van der Waals surface area contributed by atoms with Gasteiger partial charge in [0.25, 0.3) is 0 Å². The van der Waals surface area contributed by atoms with Crippen LogP contribution in [0.5, 0.6) is 0 Å². The molecule has 0 spiro atoms. The molecule has 5 nitrogen and oxygen atoms in total. The van der Waals surface area contributed by atoms with Crippen molar-refractivity contribution in [2.45, 2.75) is 60.3 Å². The van der Waals surface area contributed by atoms with E-state index in [2.05, 4.69) is 75.1 Å². The number of aromatic nitrogens is 2. The van der Waals surface area contributed by atoms with Crippen molar-refractivity contribution in [3.05, 3.63) is 95.5 Å².